The molecule has 1 aromatic carbocycles. The van der Waals surface area contributed by atoms with Gasteiger partial charge in [0.05, 0.1) is 0 Å². The van der Waals surface area contributed by atoms with Gasteiger partial charge in [0.25, 0.3) is 5.56 Å². The lowest BCUT2D eigenvalue weighted by Gasteiger charge is -2.10. The van der Waals surface area contributed by atoms with Crippen molar-refractivity contribution in [3.05, 3.63) is 40.3 Å². The first-order valence-corrected chi connectivity index (χ1v) is 6.56. The van der Waals surface area contributed by atoms with Crippen LogP contribution < -0.4 is 26.1 Å². The molecular formula is C14H14N4O4. The van der Waals surface area contributed by atoms with Crippen LogP contribution in [0.4, 0.5) is 11.6 Å². The van der Waals surface area contributed by atoms with Gasteiger partial charge in [0.2, 0.25) is 18.6 Å². The van der Waals surface area contributed by atoms with E-state index in [1.807, 2.05) is 0 Å². The summed E-state index contributed by atoms with van der Waals surface area (Å²) in [6.07, 6.45) is 0. The number of ether oxygens (including phenoxy) is 2. The molecular weight excluding hydrogens is 288 g/mol. The third-order valence-electron chi connectivity index (χ3n) is 3.12. The number of fused-ring (bicyclic) bond motifs is 1. The molecule has 0 atom stereocenters. The van der Waals surface area contributed by atoms with Crippen molar-refractivity contribution in [2.45, 2.75) is 13.5 Å². The number of carbonyl (C=O) groups excluding carboxylic acids is 1. The number of aryl methyl sites for hydroxylation is 1. The lowest BCUT2D eigenvalue weighted by molar-refractivity contribution is -0.116. The van der Waals surface area contributed by atoms with Crippen LogP contribution in [0, 0.1) is 6.92 Å². The number of hydrogen-bond donors (Lipinski definition) is 2. The molecule has 0 bridgehead atoms. The minimum Gasteiger partial charge on any atom is -0.454 e. The van der Waals surface area contributed by atoms with E-state index in [2.05, 4.69) is 10.3 Å². The Bertz CT molecular complexity index is 800. The summed E-state index contributed by atoms with van der Waals surface area (Å²) in [7, 11) is 0. The highest BCUT2D eigenvalue weighted by molar-refractivity contribution is 5.91. The van der Waals surface area contributed by atoms with E-state index >= 15 is 0 Å². The molecule has 114 valence electrons. The smallest absolute Gasteiger partial charge is 0.255 e. The van der Waals surface area contributed by atoms with Crippen LogP contribution in [0.3, 0.4) is 0 Å². The molecule has 8 nitrogen and oxygen atoms in total. The van der Waals surface area contributed by atoms with Gasteiger partial charge in [-0.3, -0.25) is 14.2 Å². The molecule has 8 heteroatoms. The lowest BCUT2D eigenvalue weighted by atomic mass is 10.3. The molecule has 0 spiro atoms. The largest absolute Gasteiger partial charge is 0.454 e. The SMILES string of the molecule is Cc1cc(=O)n(CC(=O)Nc2ccc3c(c2)OCO3)c(N)n1. The Morgan fingerprint density at radius 3 is 2.91 bits per heavy atom. The predicted octanol–water partition coefficient (Wildman–Crippen LogP) is 0.501. The van der Waals surface area contributed by atoms with Crippen molar-refractivity contribution >= 4 is 17.5 Å². The summed E-state index contributed by atoms with van der Waals surface area (Å²) >= 11 is 0. The Labute approximate surface area is 125 Å². The molecule has 2 heterocycles. The van der Waals surface area contributed by atoms with Crippen LogP contribution >= 0.6 is 0 Å². The Kier molecular flexibility index (Phi) is 3.42. The maximum absolute atomic E-state index is 12.0. The van der Waals surface area contributed by atoms with E-state index in [1.54, 1.807) is 25.1 Å². The fourth-order valence-electron chi connectivity index (χ4n) is 2.12. The average molecular weight is 302 g/mol. The van der Waals surface area contributed by atoms with Crippen LogP contribution in [0.25, 0.3) is 0 Å². The third-order valence-corrected chi connectivity index (χ3v) is 3.12. The molecule has 2 aromatic rings. The number of carbonyl (C=O) groups is 1. The van der Waals surface area contributed by atoms with Gasteiger partial charge >= 0.3 is 0 Å². The van der Waals surface area contributed by atoms with E-state index in [9.17, 15) is 9.59 Å². The van der Waals surface area contributed by atoms with Crippen LogP contribution in [-0.2, 0) is 11.3 Å². The molecule has 0 saturated carbocycles. The second kappa shape index (κ2) is 5.40. The molecule has 0 aliphatic carbocycles. The summed E-state index contributed by atoms with van der Waals surface area (Å²) in [5.41, 5.74) is 6.36. The first-order chi connectivity index (χ1) is 10.5. The Morgan fingerprint density at radius 1 is 1.36 bits per heavy atom. The number of anilines is 2. The van der Waals surface area contributed by atoms with E-state index in [4.69, 9.17) is 15.2 Å². The number of benzene rings is 1. The number of rotatable bonds is 3. The van der Waals surface area contributed by atoms with Gasteiger partial charge in [-0.15, -0.1) is 0 Å². The molecule has 22 heavy (non-hydrogen) atoms. The van der Waals surface area contributed by atoms with Gasteiger partial charge in [-0.2, -0.15) is 0 Å². The second-order valence-corrected chi connectivity index (χ2v) is 4.80. The van der Waals surface area contributed by atoms with Crippen LogP contribution in [0.15, 0.2) is 29.1 Å². The fraction of sp³-hybridized carbons (Fsp3) is 0.214. The number of nitrogens with one attached hydrogen (secondary N) is 1. The molecule has 1 aliphatic heterocycles. The van der Waals surface area contributed by atoms with Crippen molar-refractivity contribution < 1.29 is 14.3 Å². The average Bonchev–Trinajstić information content (AvgIpc) is 2.90. The minimum absolute atomic E-state index is 0.00540. The van der Waals surface area contributed by atoms with Gasteiger partial charge in [-0.1, -0.05) is 0 Å². The van der Waals surface area contributed by atoms with Gasteiger partial charge in [-0.05, 0) is 19.1 Å². The summed E-state index contributed by atoms with van der Waals surface area (Å²) in [4.78, 5) is 27.8. The number of hydrogen-bond acceptors (Lipinski definition) is 6. The number of nitrogens with zero attached hydrogens (tertiary/aromatic N) is 2. The summed E-state index contributed by atoms with van der Waals surface area (Å²) < 4.78 is 11.5. The molecule has 1 amide bonds. The highest BCUT2D eigenvalue weighted by atomic mass is 16.7. The highest BCUT2D eigenvalue weighted by Gasteiger charge is 2.15. The molecule has 0 unspecified atom stereocenters. The second-order valence-electron chi connectivity index (χ2n) is 4.80. The van der Waals surface area contributed by atoms with Gasteiger partial charge in [-0.25, -0.2) is 4.98 Å². The van der Waals surface area contributed by atoms with E-state index in [0.29, 0.717) is 22.9 Å². The molecule has 3 rings (SSSR count). The summed E-state index contributed by atoms with van der Waals surface area (Å²) in [5.74, 6) is 0.803. The van der Waals surface area contributed by atoms with Crippen LogP contribution in [0.1, 0.15) is 5.69 Å². The normalized spacial score (nSPS) is 12.2. The molecule has 1 aliphatic rings. The predicted molar refractivity (Wildman–Crippen MR) is 78.8 cm³/mol. The number of nitrogens with two attached hydrogens (primary N) is 1. The number of aromatic nitrogens is 2. The zero-order chi connectivity index (χ0) is 15.7. The van der Waals surface area contributed by atoms with Crippen molar-refractivity contribution in [2.75, 3.05) is 17.8 Å². The van der Waals surface area contributed by atoms with E-state index in [1.165, 1.54) is 6.07 Å². The zero-order valence-corrected chi connectivity index (χ0v) is 11.8. The van der Waals surface area contributed by atoms with Crippen molar-refractivity contribution in [1.29, 1.82) is 0 Å². The van der Waals surface area contributed by atoms with Crippen LogP contribution in [0.5, 0.6) is 11.5 Å². The maximum Gasteiger partial charge on any atom is 0.255 e. The fourth-order valence-corrected chi connectivity index (χ4v) is 2.12. The van der Waals surface area contributed by atoms with Crippen molar-refractivity contribution in [2.24, 2.45) is 0 Å². The summed E-state index contributed by atoms with van der Waals surface area (Å²) in [5, 5.41) is 2.67. The first kappa shape index (κ1) is 13.9. The van der Waals surface area contributed by atoms with E-state index in [-0.39, 0.29) is 24.8 Å². The van der Waals surface area contributed by atoms with Gasteiger partial charge < -0.3 is 20.5 Å². The maximum atomic E-state index is 12.0. The van der Waals surface area contributed by atoms with Crippen molar-refractivity contribution in [1.82, 2.24) is 9.55 Å². The molecule has 3 N–H and O–H groups in total. The Hall–Kier alpha value is -3.03. The van der Waals surface area contributed by atoms with Crippen molar-refractivity contribution in [3.8, 4) is 11.5 Å². The zero-order valence-electron chi connectivity index (χ0n) is 11.8. The summed E-state index contributed by atoms with van der Waals surface area (Å²) in [6, 6.07) is 6.36. The van der Waals surface area contributed by atoms with Gasteiger partial charge in [0.15, 0.2) is 11.5 Å². The van der Waals surface area contributed by atoms with E-state index < -0.39 is 5.91 Å². The number of amides is 1. The Morgan fingerprint density at radius 2 is 2.14 bits per heavy atom. The topological polar surface area (TPSA) is 108 Å². The molecule has 0 saturated heterocycles. The van der Waals surface area contributed by atoms with Crippen LogP contribution in [0.2, 0.25) is 0 Å². The quantitative estimate of drug-likeness (QED) is 0.854. The Balaban J connectivity index is 1.75. The molecule has 0 fully saturated rings. The van der Waals surface area contributed by atoms with Crippen LogP contribution in [-0.4, -0.2) is 22.3 Å². The third kappa shape index (κ3) is 2.71. The van der Waals surface area contributed by atoms with E-state index in [0.717, 1.165) is 4.57 Å². The van der Waals surface area contributed by atoms with Gasteiger partial charge in [0, 0.05) is 23.5 Å². The number of nitrogen functional groups attached to an aromatic ring is 1. The molecule has 1 aromatic heterocycles. The summed E-state index contributed by atoms with van der Waals surface area (Å²) in [6.45, 7) is 1.61. The standard InChI is InChI=1S/C14H14N4O4/c1-8-4-13(20)18(14(15)16-8)6-12(19)17-9-2-3-10-11(5-9)22-7-21-10/h2-5H,6-7H2,1H3,(H2,15,16)(H,17,19). The van der Waals surface area contributed by atoms with Gasteiger partial charge in [0.1, 0.15) is 6.54 Å². The minimum atomic E-state index is -0.390. The first-order valence-electron chi connectivity index (χ1n) is 6.56. The monoisotopic (exact) mass is 302 g/mol. The molecule has 0 radical (unpaired) electrons. The highest BCUT2D eigenvalue weighted by Crippen LogP contribution is 2.34. The lowest BCUT2D eigenvalue weighted by Crippen LogP contribution is -2.30. The van der Waals surface area contributed by atoms with Crippen molar-refractivity contribution in [3.63, 3.8) is 0 Å².